The number of anilines is 1. The van der Waals surface area contributed by atoms with E-state index in [1.807, 2.05) is 31.2 Å². The maximum Gasteiger partial charge on any atom is 0.271 e. The third kappa shape index (κ3) is 4.59. The first kappa shape index (κ1) is 21.3. The van der Waals surface area contributed by atoms with E-state index in [1.54, 1.807) is 7.05 Å². The molecule has 0 unspecified atom stereocenters. The van der Waals surface area contributed by atoms with Gasteiger partial charge in [0.25, 0.3) is 5.56 Å². The Morgan fingerprint density at radius 2 is 1.86 bits per heavy atom. The average Bonchev–Trinajstić information content (AvgIpc) is 2.69. The molecule has 156 valence electrons. The molecule has 0 saturated carbocycles. The van der Waals surface area contributed by atoms with Crippen LogP contribution in [0.3, 0.4) is 0 Å². The van der Waals surface area contributed by atoms with Crippen LogP contribution < -0.4 is 10.5 Å². The average molecular weight is 418 g/mol. The first-order valence-electron chi connectivity index (χ1n) is 9.73. The quantitative estimate of drug-likeness (QED) is 0.747. The van der Waals surface area contributed by atoms with Crippen LogP contribution in [0.5, 0.6) is 0 Å². The summed E-state index contributed by atoms with van der Waals surface area (Å²) in [5.41, 5.74) is 1.06. The Morgan fingerprint density at radius 1 is 1.17 bits per heavy atom. The second-order valence-corrected chi connectivity index (χ2v) is 9.59. The van der Waals surface area contributed by atoms with Gasteiger partial charge in [0, 0.05) is 32.0 Å². The lowest BCUT2D eigenvalue weighted by molar-refractivity contribution is -0.118. The number of nitrogens with zero attached hydrogens (tertiary/aromatic N) is 3. The Balaban J connectivity index is 1.83. The summed E-state index contributed by atoms with van der Waals surface area (Å²) in [5, 5.41) is 0. The summed E-state index contributed by atoms with van der Waals surface area (Å²) in [6.45, 7) is 4.61. The zero-order valence-corrected chi connectivity index (χ0v) is 17.9. The van der Waals surface area contributed by atoms with E-state index in [2.05, 4.69) is 6.92 Å². The van der Waals surface area contributed by atoms with Crippen LogP contribution in [-0.4, -0.2) is 43.3 Å². The lowest BCUT2D eigenvalue weighted by Gasteiger charge is -2.29. The number of pyridine rings is 1. The molecule has 0 radical (unpaired) electrons. The second kappa shape index (κ2) is 8.51. The molecule has 0 bridgehead atoms. The van der Waals surface area contributed by atoms with E-state index in [4.69, 9.17) is 0 Å². The third-order valence-corrected chi connectivity index (χ3v) is 7.33. The van der Waals surface area contributed by atoms with Crippen molar-refractivity contribution in [3.05, 3.63) is 58.5 Å². The minimum absolute atomic E-state index is 0.232. The van der Waals surface area contributed by atoms with Crippen molar-refractivity contribution in [2.75, 3.05) is 25.0 Å². The molecule has 1 aliphatic rings. The van der Waals surface area contributed by atoms with Crippen molar-refractivity contribution < 1.29 is 13.2 Å². The maximum atomic E-state index is 13.0. The van der Waals surface area contributed by atoms with Crippen LogP contribution in [0.2, 0.25) is 0 Å². The van der Waals surface area contributed by atoms with Gasteiger partial charge in [0.15, 0.2) is 0 Å². The highest BCUT2D eigenvalue weighted by Gasteiger charge is 2.30. The molecule has 1 saturated heterocycles. The summed E-state index contributed by atoms with van der Waals surface area (Å²) in [6, 6.07) is 10.3. The predicted molar refractivity (Wildman–Crippen MR) is 112 cm³/mol. The Kier molecular flexibility index (Phi) is 6.24. The number of benzene rings is 1. The molecule has 7 nitrogen and oxygen atoms in total. The molecule has 29 heavy (non-hydrogen) atoms. The Labute approximate surface area is 171 Å². The highest BCUT2D eigenvalue weighted by atomic mass is 32.2. The van der Waals surface area contributed by atoms with Gasteiger partial charge in [0.05, 0.1) is 0 Å². The molecule has 1 amide bonds. The fourth-order valence-corrected chi connectivity index (χ4v) is 4.99. The van der Waals surface area contributed by atoms with Gasteiger partial charge in [0.2, 0.25) is 15.9 Å². The molecule has 8 heteroatoms. The first-order valence-corrected chi connectivity index (χ1v) is 11.2. The van der Waals surface area contributed by atoms with Gasteiger partial charge >= 0.3 is 0 Å². The standard InChI is InChI=1S/C21H27N3O4S/c1-16-9-12-24(13-10-16)29(27,28)19-8-5-11-23(21(19)26)15-20(25)22(3)18-7-4-6-17(2)14-18/h4-8,11,14,16H,9-10,12-13,15H2,1-3H3. The fraction of sp³-hybridized carbons (Fsp3) is 0.429. The van der Waals surface area contributed by atoms with Crippen LogP contribution in [0.25, 0.3) is 0 Å². The van der Waals surface area contributed by atoms with Crippen molar-refractivity contribution in [3.8, 4) is 0 Å². The van der Waals surface area contributed by atoms with Gasteiger partial charge in [-0.1, -0.05) is 19.1 Å². The van der Waals surface area contributed by atoms with Crippen molar-refractivity contribution in [2.45, 2.75) is 38.1 Å². The molecule has 1 fully saturated rings. The van der Waals surface area contributed by atoms with Crippen LogP contribution >= 0.6 is 0 Å². The number of carbonyl (C=O) groups excluding carboxylic acids is 1. The van der Waals surface area contributed by atoms with Gasteiger partial charge in [-0.3, -0.25) is 9.59 Å². The van der Waals surface area contributed by atoms with Gasteiger partial charge in [-0.25, -0.2) is 8.42 Å². The lowest BCUT2D eigenvalue weighted by atomic mass is 10.0. The molecule has 0 N–H and O–H groups in total. The minimum atomic E-state index is -3.88. The maximum absolute atomic E-state index is 13.0. The summed E-state index contributed by atoms with van der Waals surface area (Å²) in [5.74, 6) is 0.169. The molecule has 1 aliphatic heterocycles. The summed E-state index contributed by atoms with van der Waals surface area (Å²) >= 11 is 0. The Hall–Kier alpha value is -2.45. The number of sulfonamides is 1. The Bertz CT molecular complexity index is 1050. The van der Waals surface area contributed by atoms with Crippen LogP contribution in [0.4, 0.5) is 5.69 Å². The second-order valence-electron chi connectivity index (χ2n) is 7.68. The molecular weight excluding hydrogens is 390 g/mol. The van der Waals surface area contributed by atoms with E-state index < -0.39 is 15.6 Å². The zero-order valence-electron chi connectivity index (χ0n) is 17.0. The lowest BCUT2D eigenvalue weighted by Crippen LogP contribution is -2.41. The molecule has 3 rings (SSSR count). The largest absolute Gasteiger partial charge is 0.314 e. The number of aromatic nitrogens is 1. The predicted octanol–water partition coefficient (Wildman–Crippen LogP) is 2.24. The number of piperidine rings is 1. The van der Waals surface area contributed by atoms with Gasteiger partial charge in [-0.15, -0.1) is 0 Å². The number of hydrogen-bond acceptors (Lipinski definition) is 4. The molecule has 2 aromatic rings. The molecule has 0 spiro atoms. The highest BCUT2D eigenvalue weighted by molar-refractivity contribution is 7.89. The van der Waals surface area contributed by atoms with E-state index in [1.165, 1.54) is 27.5 Å². The van der Waals surface area contributed by atoms with Crippen LogP contribution in [0, 0.1) is 12.8 Å². The fourth-order valence-electron chi connectivity index (χ4n) is 3.43. The molecule has 1 aromatic heterocycles. The number of hydrogen-bond donors (Lipinski definition) is 0. The Morgan fingerprint density at radius 3 is 2.52 bits per heavy atom. The third-order valence-electron chi connectivity index (χ3n) is 5.41. The number of likely N-dealkylation sites (N-methyl/N-ethyl adjacent to an activating group) is 1. The van der Waals surface area contributed by atoms with Crippen molar-refractivity contribution in [1.29, 1.82) is 0 Å². The van der Waals surface area contributed by atoms with Crippen LogP contribution in [0.1, 0.15) is 25.3 Å². The van der Waals surface area contributed by atoms with Gasteiger partial charge in [-0.2, -0.15) is 4.31 Å². The van der Waals surface area contributed by atoms with Crippen molar-refractivity contribution >= 4 is 21.6 Å². The molecule has 0 aliphatic carbocycles. The monoisotopic (exact) mass is 417 g/mol. The van der Waals surface area contributed by atoms with Gasteiger partial charge in [-0.05, 0) is 55.5 Å². The van der Waals surface area contributed by atoms with E-state index in [0.29, 0.717) is 24.7 Å². The highest BCUT2D eigenvalue weighted by Crippen LogP contribution is 2.22. The topological polar surface area (TPSA) is 79.7 Å². The van der Waals surface area contributed by atoms with Gasteiger partial charge in [0.1, 0.15) is 11.4 Å². The van der Waals surface area contributed by atoms with Crippen LogP contribution in [-0.2, 0) is 21.4 Å². The van der Waals surface area contributed by atoms with Crippen molar-refractivity contribution in [3.63, 3.8) is 0 Å². The number of carbonyl (C=O) groups is 1. The summed E-state index contributed by atoms with van der Waals surface area (Å²) < 4.78 is 28.5. The molecule has 2 heterocycles. The van der Waals surface area contributed by atoms with Gasteiger partial charge < -0.3 is 9.47 Å². The molecule has 0 atom stereocenters. The first-order chi connectivity index (χ1) is 13.7. The smallest absolute Gasteiger partial charge is 0.271 e. The van der Waals surface area contributed by atoms with E-state index in [9.17, 15) is 18.0 Å². The molecular formula is C21H27N3O4S. The minimum Gasteiger partial charge on any atom is -0.314 e. The summed E-state index contributed by atoms with van der Waals surface area (Å²) in [7, 11) is -2.24. The van der Waals surface area contributed by atoms with E-state index >= 15 is 0 Å². The molecule has 1 aromatic carbocycles. The number of aryl methyl sites for hydroxylation is 1. The number of rotatable bonds is 5. The zero-order chi connectivity index (χ0) is 21.2. The van der Waals surface area contributed by atoms with Crippen molar-refractivity contribution in [2.24, 2.45) is 5.92 Å². The summed E-state index contributed by atoms with van der Waals surface area (Å²) in [4.78, 5) is 26.7. The van der Waals surface area contributed by atoms with Crippen molar-refractivity contribution in [1.82, 2.24) is 8.87 Å². The van der Waals surface area contributed by atoms with E-state index in [-0.39, 0.29) is 17.3 Å². The van der Waals surface area contributed by atoms with Crippen LogP contribution in [0.15, 0.2) is 52.3 Å². The number of amides is 1. The SMILES string of the molecule is Cc1cccc(N(C)C(=O)Cn2cccc(S(=O)(=O)N3CCC(C)CC3)c2=O)c1. The van der Waals surface area contributed by atoms with E-state index in [0.717, 1.165) is 23.0 Å². The normalized spacial score (nSPS) is 16.0. The summed E-state index contributed by atoms with van der Waals surface area (Å²) in [6.07, 6.45) is 3.00.